The number of para-hydroxylation sites is 1. The monoisotopic (exact) mass is 382 g/mol. The zero-order valence-corrected chi connectivity index (χ0v) is 15.5. The lowest BCUT2D eigenvalue weighted by Crippen LogP contribution is -2.43. The zero-order valence-electron chi connectivity index (χ0n) is 15.5. The summed E-state index contributed by atoms with van der Waals surface area (Å²) in [7, 11) is 0. The summed E-state index contributed by atoms with van der Waals surface area (Å²) in [4.78, 5) is 42.4. The van der Waals surface area contributed by atoms with Crippen molar-refractivity contribution >= 4 is 17.7 Å². The van der Waals surface area contributed by atoms with Crippen LogP contribution < -0.4 is 10.6 Å². The molecular formula is C20H22N4O4. The third-order valence-electron chi connectivity index (χ3n) is 4.56. The van der Waals surface area contributed by atoms with Crippen LogP contribution in [0.3, 0.4) is 0 Å². The molecule has 1 aliphatic heterocycles. The average Bonchev–Trinajstić information content (AvgIpc) is 3.15. The molecule has 0 radical (unpaired) electrons. The van der Waals surface area contributed by atoms with Gasteiger partial charge in [-0.15, -0.1) is 0 Å². The highest BCUT2D eigenvalue weighted by Gasteiger charge is 2.28. The number of hydrogen-bond donors (Lipinski definition) is 3. The lowest BCUT2D eigenvalue weighted by atomic mass is 10.2. The SMILES string of the molecule is Cc1ccc(C(=O)N2CC[C@@H](NC(=O)CNC(=O)c3ccccc3O)C2)cn1. The molecule has 3 N–H and O–H groups in total. The Bertz CT molecular complexity index is 882. The van der Waals surface area contributed by atoms with Crippen LogP contribution in [-0.2, 0) is 4.79 Å². The molecule has 8 heteroatoms. The number of rotatable bonds is 5. The summed E-state index contributed by atoms with van der Waals surface area (Å²) in [5, 5.41) is 15.0. The van der Waals surface area contributed by atoms with Crippen molar-refractivity contribution in [2.75, 3.05) is 19.6 Å². The Hall–Kier alpha value is -3.42. The van der Waals surface area contributed by atoms with E-state index in [4.69, 9.17) is 0 Å². The number of aromatic hydroxyl groups is 1. The first kappa shape index (κ1) is 19.3. The minimum absolute atomic E-state index is 0.111. The van der Waals surface area contributed by atoms with Crippen molar-refractivity contribution in [2.24, 2.45) is 0 Å². The predicted molar refractivity (Wildman–Crippen MR) is 102 cm³/mol. The molecule has 1 aromatic carbocycles. The van der Waals surface area contributed by atoms with Gasteiger partial charge < -0.3 is 20.6 Å². The Kier molecular flexibility index (Phi) is 5.88. The quantitative estimate of drug-likeness (QED) is 0.710. The van der Waals surface area contributed by atoms with Gasteiger partial charge in [0.05, 0.1) is 17.7 Å². The highest BCUT2D eigenvalue weighted by molar-refractivity contribution is 5.98. The molecule has 0 bridgehead atoms. The number of nitrogens with zero attached hydrogens (tertiary/aromatic N) is 2. The second kappa shape index (κ2) is 8.51. The fourth-order valence-electron chi connectivity index (χ4n) is 3.04. The highest BCUT2D eigenvalue weighted by Crippen LogP contribution is 2.15. The molecule has 1 saturated heterocycles. The van der Waals surface area contributed by atoms with E-state index in [0.717, 1.165) is 5.69 Å². The van der Waals surface area contributed by atoms with Crippen LogP contribution in [0.4, 0.5) is 0 Å². The largest absolute Gasteiger partial charge is 0.507 e. The number of aryl methyl sites for hydroxylation is 1. The van der Waals surface area contributed by atoms with Crippen LogP contribution in [0.2, 0.25) is 0 Å². The molecule has 0 aliphatic carbocycles. The maximum Gasteiger partial charge on any atom is 0.255 e. The maximum atomic E-state index is 12.5. The third kappa shape index (κ3) is 4.64. The van der Waals surface area contributed by atoms with Crippen LogP contribution in [0, 0.1) is 6.92 Å². The van der Waals surface area contributed by atoms with Crippen molar-refractivity contribution in [1.29, 1.82) is 0 Å². The number of hydrogen-bond acceptors (Lipinski definition) is 5. The van der Waals surface area contributed by atoms with Gasteiger partial charge in [-0.3, -0.25) is 19.4 Å². The molecule has 1 aliphatic rings. The number of aromatic nitrogens is 1. The number of likely N-dealkylation sites (tertiary alicyclic amines) is 1. The van der Waals surface area contributed by atoms with Gasteiger partial charge in [-0.25, -0.2) is 0 Å². The molecule has 3 amide bonds. The molecule has 2 heterocycles. The molecule has 2 aromatic rings. The smallest absolute Gasteiger partial charge is 0.255 e. The Morgan fingerprint density at radius 1 is 1.21 bits per heavy atom. The molecule has 0 spiro atoms. The summed E-state index contributed by atoms with van der Waals surface area (Å²) in [6.45, 7) is 2.60. The minimum Gasteiger partial charge on any atom is -0.507 e. The number of carbonyl (C=O) groups is 3. The number of phenolic OH excluding ortho intramolecular Hbond substituents is 1. The van der Waals surface area contributed by atoms with Crippen molar-refractivity contribution in [1.82, 2.24) is 20.5 Å². The maximum absolute atomic E-state index is 12.5. The van der Waals surface area contributed by atoms with Crippen molar-refractivity contribution in [3.63, 3.8) is 0 Å². The van der Waals surface area contributed by atoms with E-state index in [1.807, 2.05) is 6.92 Å². The molecule has 0 saturated carbocycles. The van der Waals surface area contributed by atoms with Crippen molar-refractivity contribution in [2.45, 2.75) is 19.4 Å². The van der Waals surface area contributed by atoms with Gasteiger partial charge in [-0.1, -0.05) is 12.1 Å². The van der Waals surface area contributed by atoms with Crippen molar-refractivity contribution in [3.05, 3.63) is 59.4 Å². The second-order valence-corrected chi connectivity index (χ2v) is 6.69. The van der Waals surface area contributed by atoms with E-state index in [-0.39, 0.29) is 35.7 Å². The van der Waals surface area contributed by atoms with Crippen LogP contribution in [0.5, 0.6) is 5.75 Å². The van der Waals surface area contributed by atoms with Gasteiger partial charge in [0.2, 0.25) is 5.91 Å². The summed E-state index contributed by atoms with van der Waals surface area (Å²) in [6, 6.07) is 9.48. The lowest BCUT2D eigenvalue weighted by Gasteiger charge is -2.17. The number of phenols is 1. The number of nitrogens with one attached hydrogen (secondary N) is 2. The van der Waals surface area contributed by atoms with Crippen molar-refractivity contribution in [3.8, 4) is 5.75 Å². The van der Waals surface area contributed by atoms with E-state index in [9.17, 15) is 19.5 Å². The second-order valence-electron chi connectivity index (χ2n) is 6.69. The molecule has 1 atom stereocenters. The van der Waals surface area contributed by atoms with E-state index < -0.39 is 5.91 Å². The molecule has 3 rings (SSSR count). The van der Waals surface area contributed by atoms with Crippen LogP contribution in [0.1, 0.15) is 32.8 Å². The van der Waals surface area contributed by atoms with E-state index in [1.54, 1.807) is 35.4 Å². The fraction of sp³-hybridized carbons (Fsp3) is 0.300. The Morgan fingerprint density at radius 2 is 2.00 bits per heavy atom. The Balaban J connectivity index is 1.46. The number of carbonyl (C=O) groups excluding carboxylic acids is 3. The lowest BCUT2D eigenvalue weighted by molar-refractivity contribution is -0.120. The van der Waals surface area contributed by atoms with Gasteiger partial charge in [-0.2, -0.15) is 0 Å². The van der Waals surface area contributed by atoms with Crippen LogP contribution in [0.15, 0.2) is 42.6 Å². The highest BCUT2D eigenvalue weighted by atomic mass is 16.3. The molecule has 0 unspecified atom stereocenters. The number of benzene rings is 1. The molecular weight excluding hydrogens is 360 g/mol. The molecule has 28 heavy (non-hydrogen) atoms. The normalized spacial score (nSPS) is 15.9. The van der Waals surface area contributed by atoms with Gasteiger partial charge in [-0.05, 0) is 37.6 Å². The number of pyridine rings is 1. The van der Waals surface area contributed by atoms with Gasteiger partial charge in [0.1, 0.15) is 5.75 Å². The first-order chi connectivity index (χ1) is 13.4. The summed E-state index contributed by atoms with van der Waals surface area (Å²) in [5.41, 5.74) is 1.47. The van der Waals surface area contributed by atoms with Crippen LogP contribution >= 0.6 is 0 Å². The first-order valence-corrected chi connectivity index (χ1v) is 9.01. The van der Waals surface area contributed by atoms with E-state index in [0.29, 0.717) is 25.1 Å². The summed E-state index contributed by atoms with van der Waals surface area (Å²) >= 11 is 0. The van der Waals surface area contributed by atoms with Gasteiger partial charge >= 0.3 is 0 Å². The van der Waals surface area contributed by atoms with Crippen LogP contribution in [-0.4, -0.2) is 58.4 Å². The Labute approximate surface area is 162 Å². The van der Waals surface area contributed by atoms with Crippen molar-refractivity contribution < 1.29 is 19.5 Å². The third-order valence-corrected chi connectivity index (χ3v) is 4.56. The average molecular weight is 382 g/mol. The van der Waals surface area contributed by atoms with E-state index in [1.165, 1.54) is 12.1 Å². The van der Waals surface area contributed by atoms with Crippen LogP contribution in [0.25, 0.3) is 0 Å². The van der Waals surface area contributed by atoms with E-state index >= 15 is 0 Å². The Morgan fingerprint density at radius 3 is 2.71 bits per heavy atom. The standard InChI is InChI=1S/C20H22N4O4/c1-13-6-7-14(10-21-13)20(28)24-9-8-15(12-24)23-18(26)11-22-19(27)16-4-2-3-5-17(16)25/h2-7,10,15,25H,8-9,11-12H2,1H3,(H,22,27)(H,23,26)/t15-/m1/s1. The first-order valence-electron chi connectivity index (χ1n) is 9.01. The minimum atomic E-state index is -0.525. The zero-order chi connectivity index (χ0) is 20.1. The molecule has 1 fully saturated rings. The van der Waals surface area contributed by atoms with Gasteiger partial charge in [0.15, 0.2) is 0 Å². The van der Waals surface area contributed by atoms with Gasteiger partial charge in [0, 0.05) is 31.0 Å². The summed E-state index contributed by atoms with van der Waals surface area (Å²) in [5.74, 6) is -1.13. The summed E-state index contributed by atoms with van der Waals surface area (Å²) in [6.07, 6.45) is 2.20. The van der Waals surface area contributed by atoms with Gasteiger partial charge in [0.25, 0.3) is 11.8 Å². The molecule has 146 valence electrons. The summed E-state index contributed by atoms with van der Waals surface area (Å²) < 4.78 is 0. The fourth-order valence-corrected chi connectivity index (χ4v) is 3.04. The molecule has 8 nitrogen and oxygen atoms in total. The topological polar surface area (TPSA) is 112 Å². The predicted octanol–water partition coefficient (Wildman–Crippen LogP) is 0.856. The van der Waals surface area contributed by atoms with E-state index in [2.05, 4.69) is 15.6 Å². The number of amides is 3. The molecule has 1 aromatic heterocycles.